The standard InChI is InChI=1S/C11H9BrN4S/c12-7-3-1-2-4-8(7)17-11-9(10(13)14)15-5-6-16-11/h1-6H,(H3,13,14). The minimum absolute atomic E-state index is 0.0762. The van der Waals surface area contributed by atoms with Crippen LogP contribution in [0.25, 0.3) is 0 Å². The summed E-state index contributed by atoms with van der Waals surface area (Å²) < 4.78 is 0.977. The third-order valence-electron chi connectivity index (χ3n) is 1.96. The Hall–Kier alpha value is -1.40. The largest absolute Gasteiger partial charge is 0.382 e. The van der Waals surface area contributed by atoms with E-state index in [-0.39, 0.29) is 5.84 Å². The van der Waals surface area contributed by atoms with Crippen LogP contribution in [0.2, 0.25) is 0 Å². The van der Waals surface area contributed by atoms with Gasteiger partial charge in [0.2, 0.25) is 0 Å². The fraction of sp³-hybridized carbons (Fsp3) is 0. The molecule has 0 bridgehead atoms. The van der Waals surface area contributed by atoms with Gasteiger partial charge in [-0.3, -0.25) is 5.41 Å². The van der Waals surface area contributed by atoms with Crippen LogP contribution in [0, 0.1) is 5.41 Å². The summed E-state index contributed by atoms with van der Waals surface area (Å²) in [6.07, 6.45) is 3.12. The molecule has 2 rings (SSSR count). The normalized spacial score (nSPS) is 10.2. The minimum Gasteiger partial charge on any atom is -0.382 e. The van der Waals surface area contributed by atoms with Crippen molar-refractivity contribution in [1.29, 1.82) is 5.41 Å². The van der Waals surface area contributed by atoms with Crippen LogP contribution in [0.5, 0.6) is 0 Å². The third kappa shape index (κ3) is 2.83. The summed E-state index contributed by atoms with van der Waals surface area (Å²) in [7, 11) is 0. The average Bonchev–Trinajstić information content (AvgIpc) is 2.32. The number of hydrogen-bond acceptors (Lipinski definition) is 4. The highest BCUT2D eigenvalue weighted by atomic mass is 79.9. The molecule has 17 heavy (non-hydrogen) atoms. The lowest BCUT2D eigenvalue weighted by Crippen LogP contribution is -2.14. The van der Waals surface area contributed by atoms with E-state index in [0.717, 1.165) is 9.37 Å². The molecule has 0 saturated carbocycles. The number of nitrogens with two attached hydrogens (primary N) is 1. The van der Waals surface area contributed by atoms with Crippen LogP contribution in [0.1, 0.15) is 5.69 Å². The van der Waals surface area contributed by atoms with Crippen LogP contribution in [0.15, 0.2) is 51.1 Å². The molecule has 86 valence electrons. The summed E-state index contributed by atoms with van der Waals surface area (Å²) >= 11 is 4.89. The number of nitrogens with zero attached hydrogens (tertiary/aromatic N) is 2. The molecule has 0 spiro atoms. The Kier molecular flexibility index (Phi) is 3.75. The molecule has 0 atom stereocenters. The van der Waals surface area contributed by atoms with Gasteiger partial charge in [-0.05, 0) is 28.1 Å². The van der Waals surface area contributed by atoms with Gasteiger partial charge >= 0.3 is 0 Å². The number of halogens is 1. The first-order chi connectivity index (χ1) is 8.18. The van der Waals surface area contributed by atoms with E-state index in [4.69, 9.17) is 11.1 Å². The van der Waals surface area contributed by atoms with E-state index in [1.54, 1.807) is 6.20 Å². The average molecular weight is 309 g/mol. The molecule has 0 aliphatic rings. The molecule has 6 heteroatoms. The molecule has 1 heterocycles. The number of amidine groups is 1. The van der Waals surface area contributed by atoms with E-state index in [9.17, 15) is 0 Å². The molecule has 1 aromatic heterocycles. The lowest BCUT2D eigenvalue weighted by molar-refractivity contribution is 1.03. The summed E-state index contributed by atoms with van der Waals surface area (Å²) in [4.78, 5) is 9.26. The highest BCUT2D eigenvalue weighted by molar-refractivity contribution is 9.10. The maximum Gasteiger partial charge on any atom is 0.144 e. The quantitative estimate of drug-likeness (QED) is 0.675. The Bertz CT molecular complexity index is 559. The SMILES string of the molecule is N=C(N)c1nccnc1Sc1ccccc1Br. The lowest BCUT2D eigenvalue weighted by atomic mass is 10.4. The number of hydrogen-bond donors (Lipinski definition) is 2. The molecule has 2 aromatic rings. The topological polar surface area (TPSA) is 75.7 Å². The fourth-order valence-electron chi connectivity index (χ4n) is 1.22. The molecular weight excluding hydrogens is 300 g/mol. The van der Waals surface area contributed by atoms with Crippen molar-refractivity contribution in [3.05, 3.63) is 46.8 Å². The summed E-state index contributed by atoms with van der Waals surface area (Å²) in [6, 6.07) is 7.80. The van der Waals surface area contributed by atoms with Crippen molar-refractivity contribution in [2.75, 3.05) is 0 Å². The molecule has 0 aliphatic heterocycles. The fourth-order valence-corrected chi connectivity index (χ4v) is 2.64. The highest BCUT2D eigenvalue weighted by Crippen LogP contribution is 2.32. The van der Waals surface area contributed by atoms with Gasteiger partial charge in [-0.1, -0.05) is 23.9 Å². The van der Waals surface area contributed by atoms with Gasteiger partial charge in [0.15, 0.2) is 0 Å². The number of rotatable bonds is 3. The van der Waals surface area contributed by atoms with Crippen LogP contribution in [0.3, 0.4) is 0 Å². The van der Waals surface area contributed by atoms with Gasteiger partial charge in [0, 0.05) is 21.8 Å². The van der Waals surface area contributed by atoms with Gasteiger partial charge in [-0.25, -0.2) is 9.97 Å². The molecule has 0 radical (unpaired) electrons. The van der Waals surface area contributed by atoms with Crippen molar-refractivity contribution in [2.24, 2.45) is 5.73 Å². The van der Waals surface area contributed by atoms with Crippen molar-refractivity contribution in [1.82, 2.24) is 9.97 Å². The third-order valence-corrected chi connectivity index (χ3v) is 3.99. The molecule has 0 aliphatic carbocycles. The van der Waals surface area contributed by atoms with Gasteiger partial charge in [0.1, 0.15) is 16.6 Å². The van der Waals surface area contributed by atoms with Gasteiger partial charge in [0.05, 0.1) is 0 Å². The number of aromatic nitrogens is 2. The number of nitrogen functional groups attached to an aromatic ring is 1. The van der Waals surface area contributed by atoms with E-state index >= 15 is 0 Å². The summed E-state index contributed by atoms with van der Waals surface area (Å²) in [5.74, 6) is -0.0762. The van der Waals surface area contributed by atoms with Crippen molar-refractivity contribution in [3.63, 3.8) is 0 Å². The first-order valence-electron chi connectivity index (χ1n) is 4.76. The Labute approximate surface area is 111 Å². The Morgan fingerprint density at radius 3 is 2.65 bits per heavy atom. The Morgan fingerprint density at radius 2 is 1.94 bits per heavy atom. The van der Waals surface area contributed by atoms with E-state index < -0.39 is 0 Å². The van der Waals surface area contributed by atoms with Gasteiger partial charge in [-0.2, -0.15) is 0 Å². The molecule has 4 nitrogen and oxygen atoms in total. The van der Waals surface area contributed by atoms with E-state index in [0.29, 0.717) is 10.7 Å². The first kappa shape index (κ1) is 12.1. The van der Waals surface area contributed by atoms with Crippen molar-refractivity contribution >= 4 is 33.5 Å². The summed E-state index contributed by atoms with van der Waals surface area (Å²) in [5.41, 5.74) is 5.87. The molecule has 0 fully saturated rings. The van der Waals surface area contributed by atoms with E-state index in [1.807, 2.05) is 24.3 Å². The van der Waals surface area contributed by atoms with E-state index in [1.165, 1.54) is 18.0 Å². The molecule has 3 N–H and O–H groups in total. The Balaban J connectivity index is 2.37. The zero-order valence-corrected chi connectivity index (χ0v) is 11.1. The van der Waals surface area contributed by atoms with Crippen molar-refractivity contribution < 1.29 is 0 Å². The molecule has 1 aromatic carbocycles. The summed E-state index contributed by atoms with van der Waals surface area (Å²) in [6.45, 7) is 0. The highest BCUT2D eigenvalue weighted by Gasteiger charge is 2.10. The zero-order chi connectivity index (χ0) is 12.3. The predicted molar refractivity (Wildman–Crippen MR) is 71.3 cm³/mol. The van der Waals surface area contributed by atoms with Crippen molar-refractivity contribution in [3.8, 4) is 0 Å². The maximum atomic E-state index is 7.45. The first-order valence-corrected chi connectivity index (χ1v) is 6.37. The van der Waals surface area contributed by atoms with Gasteiger partial charge in [-0.15, -0.1) is 0 Å². The molecule has 0 saturated heterocycles. The number of nitrogens with one attached hydrogen (secondary N) is 1. The maximum absolute atomic E-state index is 7.45. The number of benzene rings is 1. The minimum atomic E-state index is -0.0762. The predicted octanol–water partition coefficient (Wildman–Crippen LogP) is 2.67. The lowest BCUT2D eigenvalue weighted by Gasteiger charge is -2.06. The van der Waals surface area contributed by atoms with Gasteiger partial charge < -0.3 is 5.73 Å². The van der Waals surface area contributed by atoms with Crippen LogP contribution >= 0.6 is 27.7 Å². The second-order valence-corrected chi connectivity index (χ2v) is 5.04. The molecule has 0 amide bonds. The monoisotopic (exact) mass is 308 g/mol. The van der Waals surface area contributed by atoms with E-state index in [2.05, 4.69) is 25.9 Å². The van der Waals surface area contributed by atoms with Crippen molar-refractivity contribution in [2.45, 2.75) is 9.92 Å². The van der Waals surface area contributed by atoms with Crippen LogP contribution in [-0.2, 0) is 0 Å². The van der Waals surface area contributed by atoms with Crippen LogP contribution < -0.4 is 5.73 Å². The van der Waals surface area contributed by atoms with Crippen LogP contribution in [0.4, 0.5) is 0 Å². The molecule has 0 unspecified atom stereocenters. The second-order valence-electron chi connectivity index (χ2n) is 3.16. The Morgan fingerprint density at radius 1 is 1.24 bits per heavy atom. The van der Waals surface area contributed by atoms with Gasteiger partial charge in [0.25, 0.3) is 0 Å². The summed E-state index contributed by atoms with van der Waals surface area (Å²) in [5, 5.41) is 8.08. The second kappa shape index (κ2) is 5.29. The molecular formula is C11H9BrN4S. The zero-order valence-electron chi connectivity index (χ0n) is 8.72. The van der Waals surface area contributed by atoms with Crippen LogP contribution in [-0.4, -0.2) is 15.8 Å². The smallest absolute Gasteiger partial charge is 0.144 e.